The zero-order chi connectivity index (χ0) is 32.1. The molecule has 0 saturated heterocycles. The molecule has 232 valence electrons. The molecule has 0 amide bonds. The van der Waals surface area contributed by atoms with E-state index < -0.39 is 57.0 Å². The third-order valence-corrected chi connectivity index (χ3v) is 7.32. The third kappa shape index (κ3) is 6.23. The van der Waals surface area contributed by atoms with Crippen LogP contribution in [0.25, 0.3) is 11.3 Å². The minimum Gasteiger partial charge on any atom is -0.378 e. The molecule has 0 bridgehead atoms. The van der Waals surface area contributed by atoms with Gasteiger partial charge in [0.15, 0.2) is 0 Å². The Hall–Kier alpha value is -3.77. The quantitative estimate of drug-likeness (QED) is 0.147. The number of anilines is 1. The zero-order valence-corrected chi connectivity index (χ0v) is 26.6. The van der Waals surface area contributed by atoms with Crippen molar-refractivity contribution in [2.24, 2.45) is 0 Å². The van der Waals surface area contributed by atoms with Crippen molar-refractivity contribution in [1.82, 2.24) is 9.97 Å². The van der Waals surface area contributed by atoms with E-state index in [1.165, 1.54) is 18.2 Å². The number of hydrogen-bond donors (Lipinski definition) is 0. The molecular weight excluding hydrogens is 768 g/mol. The van der Waals surface area contributed by atoms with Gasteiger partial charge in [-0.3, -0.25) is 22.5 Å². The zero-order valence-electron chi connectivity index (χ0n) is 24.3. The molecule has 44 heavy (non-hydrogen) atoms. The van der Waals surface area contributed by atoms with Crippen LogP contribution in [0.3, 0.4) is 0 Å². The molecule has 4 aromatic rings. The summed E-state index contributed by atoms with van der Waals surface area (Å²) in [5.41, 5.74) is -4.30. The van der Waals surface area contributed by atoms with E-state index in [2.05, 4.69) is 17.1 Å². The fourth-order valence-electron chi connectivity index (χ4n) is 4.60. The van der Waals surface area contributed by atoms with Crippen molar-refractivity contribution in [3.8, 4) is 17.3 Å². The molecule has 2 heterocycles. The standard InChI is InChI=1S/C32H25F7N4.Pt/c1-30(2,20-11-13-21(33)19(16-40)28(20)35)25-14-17(43(5)6)15-26(42-25)31(3,4)24-9-7-8-23(41-24)18-10-12-22(34)27(29(18)36)32(37,38)39;/h7-9,12-15H,1-6H3;/q-2;+2. The van der Waals surface area contributed by atoms with Gasteiger partial charge in [-0.25, -0.2) is 0 Å². The summed E-state index contributed by atoms with van der Waals surface area (Å²) < 4.78 is 98.2. The van der Waals surface area contributed by atoms with E-state index in [0.717, 1.165) is 6.07 Å². The van der Waals surface area contributed by atoms with E-state index in [4.69, 9.17) is 4.98 Å². The van der Waals surface area contributed by atoms with Gasteiger partial charge in [-0.05, 0) is 37.7 Å². The third-order valence-electron chi connectivity index (χ3n) is 7.32. The van der Waals surface area contributed by atoms with Crippen molar-refractivity contribution in [3.05, 3.63) is 112 Å². The van der Waals surface area contributed by atoms with Crippen molar-refractivity contribution < 1.29 is 51.8 Å². The second-order valence-corrected chi connectivity index (χ2v) is 11.2. The average Bonchev–Trinajstić information content (AvgIpc) is 2.92. The molecule has 4 rings (SSSR count). The molecule has 0 atom stereocenters. The largest absolute Gasteiger partial charge is 2.00 e. The van der Waals surface area contributed by atoms with Crippen LogP contribution >= 0.6 is 0 Å². The summed E-state index contributed by atoms with van der Waals surface area (Å²) in [5, 5.41) is 9.27. The van der Waals surface area contributed by atoms with Gasteiger partial charge in [0.1, 0.15) is 0 Å². The number of halogens is 7. The molecule has 12 heteroatoms. The number of aromatic nitrogens is 2. The van der Waals surface area contributed by atoms with E-state index in [1.807, 2.05) is 0 Å². The smallest absolute Gasteiger partial charge is 0.378 e. The predicted octanol–water partition coefficient (Wildman–Crippen LogP) is 7.91. The first-order valence-corrected chi connectivity index (χ1v) is 12.9. The Morgan fingerprint density at radius 3 is 1.95 bits per heavy atom. The number of benzene rings is 2. The number of hydrogen-bond acceptors (Lipinski definition) is 4. The summed E-state index contributed by atoms with van der Waals surface area (Å²) in [5.74, 6) is -5.72. The Balaban J connectivity index is 0.00000529. The fraction of sp³-hybridized carbons (Fsp3) is 0.281. The summed E-state index contributed by atoms with van der Waals surface area (Å²) in [6.45, 7) is 6.76. The van der Waals surface area contributed by atoms with Crippen LogP contribution < -0.4 is 4.90 Å². The summed E-state index contributed by atoms with van der Waals surface area (Å²) in [7, 11) is 3.54. The molecule has 0 aliphatic heterocycles. The summed E-state index contributed by atoms with van der Waals surface area (Å²) in [4.78, 5) is 11.0. The van der Waals surface area contributed by atoms with E-state index in [1.54, 1.807) is 64.9 Å². The van der Waals surface area contributed by atoms with Crippen LogP contribution in [0.4, 0.5) is 36.4 Å². The van der Waals surface area contributed by atoms with Crippen LogP contribution in [0.5, 0.6) is 0 Å². The van der Waals surface area contributed by atoms with Crippen molar-refractivity contribution >= 4 is 5.69 Å². The summed E-state index contributed by atoms with van der Waals surface area (Å²) >= 11 is 0. The Kier molecular flexibility index (Phi) is 9.72. The Bertz CT molecular complexity index is 1760. The first-order valence-electron chi connectivity index (χ1n) is 12.9. The first kappa shape index (κ1) is 34.7. The fourth-order valence-corrected chi connectivity index (χ4v) is 4.60. The van der Waals surface area contributed by atoms with Gasteiger partial charge >= 0.3 is 27.2 Å². The van der Waals surface area contributed by atoms with Gasteiger partial charge in [0.05, 0.1) is 29.1 Å². The molecule has 0 unspecified atom stereocenters. The second kappa shape index (κ2) is 12.3. The second-order valence-electron chi connectivity index (χ2n) is 11.2. The summed E-state index contributed by atoms with van der Waals surface area (Å²) in [6.07, 6.45) is -5.27. The van der Waals surface area contributed by atoms with E-state index in [-0.39, 0.29) is 38.0 Å². The minimum atomic E-state index is -5.27. The monoisotopic (exact) mass is 793 g/mol. The maximum Gasteiger partial charge on any atom is 2.00 e. The van der Waals surface area contributed by atoms with Gasteiger partial charge < -0.3 is 9.88 Å². The Labute approximate surface area is 264 Å². The Morgan fingerprint density at radius 2 is 1.39 bits per heavy atom. The van der Waals surface area contributed by atoms with E-state index in [0.29, 0.717) is 23.1 Å². The maximum absolute atomic E-state index is 15.3. The predicted molar refractivity (Wildman–Crippen MR) is 146 cm³/mol. The van der Waals surface area contributed by atoms with Crippen molar-refractivity contribution in [1.29, 1.82) is 5.26 Å². The molecule has 0 saturated carbocycles. The number of rotatable bonds is 6. The summed E-state index contributed by atoms with van der Waals surface area (Å²) in [6, 6.07) is 15.4. The minimum absolute atomic E-state index is 0. The first-order chi connectivity index (χ1) is 19.9. The van der Waals surface area contributed by atoms with Gasteiger partial charge in [0.2, 0.25) is 0 Å². The molecule has 2 aromatic heterocycles. The van der Waals surface area contributed by atoms with Crippen molar-refractivity contribution in [3.63, 3.8) is 0 Å². The van der Waals surface area contributed by atoms with E-state index >= 15 is 4.39 Å². The topological polar surface area (TPSA) is 52.8 Å². The molecular formula is C32H25F7N4Pt. The number of nitrogens with zero attached hydrogens (tertiary/aromatic N) is 4. The van der Waals surface area contributed by atoms with Crippen molar-refractivity contribution in [2.75, 3.05) is 19.0 Å². The van der Waals surface area contributed by atoms with Gasteiger partial charge in [0, 0.05) is 59.1 Å². The molecule has 4 nitrogen and oxygen atoms in total. The molecule has 0 fully saturated rings. The normalized spacial score (nSPS) is 12.0. The number of alkyl halides is 3. The molecule has 2 aromatic carbocycles. The van der Waals surface area contributed by atoms with Gasteiger partial charge in [-0.2, -0.15) is 24.5 Å². The van der Waals surface area contributed by atoms with Crippen LogP contribution in [-0.2, 0) is 38.1 Å². The van der Waals surface area contributed by atoms with Crippen LogP contribution in [-0.4, -0.2) is 24.1 Å². The van der Waals surface area contributed by atoms with Crippen LogP contribution in [0.1, 0.15) is 61.5 Å². The molecule has 0 radical (unpaired) electrons. The van der Waals surface area contributed by atoms with Gasteiger partial charge in [-0.15, -0.1) is 23.8 Å². The van der Waals surface area contributed by atoms with Crippen LogP contribution in [0, 0.1) is 46.7 Å². The SMILES string of the molecule is CN(C)c1cc(C(C)(C)c2cccc(-c3[c-]cc(F)c(C(F)(F)F)c3F)n2)nc(C(C)(C)c2[c-]cc(F)c(C#N)c2F)c1.[Pt+2]. The van der Waals surface area contributed by atoms with Crippen molar-refractivity contribution in [2.45, 2.75) is 44.7 Å². The molecule has 0 aliphatic rings. The molecule has 0 aliphatic carbocycles. The van der Waals surface area contributed by atoms with Crippen LogP contribution in [0.2, 0.25) is 0 Å². The van der Waals surface area contributed by atoms with E-state index in [9.17, 15) is 31.6 Å². The average molecular weight is 794 g/mol. The molecule has 0 N–H and O–H groups in total. The Morgan fingerprint density at radius 1 is 0.795 bits per heavy atom. The van der Waals surface area contributed by atoms with Gasteiger partial charge in [0.25, 0.3) is 0 Å². The van der Waals surface area contributed by atoms with Gasteiger partial charge in [-0.1, -0.05) is 31.5 Å². The maximum atomic E-state index is 15.3. The number of pyridine rings is 2. The number of nitriles is 1. The molecule has 0 spiro atoms. The van der Waals surface area contributed by atoms with Crippen LogP contribution in [0.15, 0.2) is 42.5 Å².